The minimum absolute atomic E-state index is 0.103. The number of hydrogen-bond acceptors (Lipinski definition) is 3. The monoisotopic (exact) mass is 236 g/mol. The van der Waals surface area contributed by atoms with E-state index in [2.05, 4.69) is 0 Å². The first-order valence-corrected chi connectivity index (χ1v) is 5.40. The highest BCUT2D eigenvalue weighted by Gasteiger charge is 2.09. The summed E-state index contributed by atoms with van der Waals surface area (Å²) in [6, 6.07) is 3.71. The molecule has 0 aliphatic rings. The van der Waals surface area contributed by atoms with E-state index < -0.39 is 5.97 Å². The van der Waals surface area contributed by atoms with Crippen molar-refractivity contribution in [1.82, 2.24) is 0 Å². The van der Waals surface area contributed by atoms with Gasteiger partial charge in [-0.1, -0.05) is 12.1 Å². The van der Waals surface area contributed by atoms with Crippen molar-refractivity contribution in [2.45, 2.75) is 33.6 Å². The number of carboxylic acids is 1. The van der Waals surface area contributed by atoms with Crippen LogP contribution in [0.4, 0.5) is 0 Å². The van der Waals surface area contributed by atoms with Crippen LogP contribution < -0.4 is 4.74 Å². The van der Waals surface area contributed by atoms with Crippen molar-refractivity contribution in [3.05, 3.63) is 28.8 Å². The predicted octanol–water partition coefficient (Wildman–Crippen LogP) is 2.25. The van der Waals surface area contributed by atoms with Gasteiger partial charge in [0.25, 0.3) is 0 Å². The summed E-state index contributed by atoms with van der Waals surface area (Å²) in [6.45, 7) is 5.04. The zero-order valence-electron chi connectivity index (χ0n) is 10.2. The Kier molecular flexibility index (Phi) is 4.26. The molecule has 1 aromatic rings. The van der Waals surface area contributed by atoms with E-state index in [0.29, 0.717) is 12.2 Å². The molecule has 0 aromatic heterocycles. The maximum atomic E-state index is 10.9. The van der Waals surface area contributed by atoms with Gasteiger partial charge in [0.1, 0.15) is 5.75 Å². The molecule has 0 atom stereocenters. The zero-order valence-corrected chi connectivity index (χ0v) is 10.2. The fourth-order valence-corrected chi connectivity index (χ4v) is 1.74. The number of benzene rings is 1. The molecule has 4 heteroatoms. The maximum Gasteiger partial charge on any atom is 0.308 e. The number of carboxylic acid groups (broad SMARTS) is 1. The third-order valence-electron chi connectivity index (χ3n) is 2.39. The van der Waals surface area contributed by atoms with Crippen LogP contribution in [0.2, 0.25) is 0 Å². The van der Waals surface area contributed by atoms with Crippen molar-refractivity contribution in [3.63, 3.8) is 0 Å². The maximum absolute atomic E-state index is 10.9. The van der Waals surface area contributed by atoms with Crippen molar-refractivity contribution >= 4 is 11.9 Å². The van der Waals surface area contributed by atoms with Gasteiger partial charge in [0.2, 0.25) is 0 Å². The molecule has 0 radical (unpaired) electrons. The molecule has 0 unspecified atom stereocenters. The summed E-state index contributed by atoms with van der Waals surface area (Å²) in [7, 11) is 0. The van der Waals surface area contributed by atoms with Gasteiger partial charge in [0.05, 0.1) is 0 Å². The Balaban J connectivity index is 2.92. The first-order chi connectivity index (χ1) is 7.90. The largest absolute Gasteiger partial charge is 0.481 e. The van der Waals surface area contributed by atoms with Crippen LogP contribution in [-0.2, 0) is 16.0 Å². The first kappa shape index (κ1) is 13.2. The SMILES string of the molecule is CC(=O)Oc1c(C)cc(CCC(=O)O)cc1C. The lowest BCUT2D eigenvalue weighted by Gasteiger charge is -2.11. The number of aliphatic carboxylic acids is 1. The molecule has 0 bridgehead atoms. The number of rotatable bonds is 4. The average Bonchev–Trinajstić information content (AvgIpc) is 2.20. The predicted molar refractivity (Wildman–Crippen MR) is 63.2 cm³/mol. The number of carbonyl (C=O) groups excluding carboxylic acids is 1. The number of carbonyl (C=O) groups is 2. The van der Waals surface area contributed by atoms with E-state index in [4.69, 9.17) is 9.84 Å². The summed E-state index contributed by atoms with van der Waals surface area (Å²) >= 11 is 0. The molecule has 1 rings (SSSR count). The molecule has 92 valence electrons. The highest BCUT2D eigenvalue weighted by atomic mass is 16.5. The van der Waals surface area contributed by atoms with Crippen LogP contribution in [0.5, 0.6) is 5.75 Å². The topological polar surface area (TPSA) is 63.6 Å². The number of esters is 1. The molecular weight excluding hydrogens is 220 g/mol. The van der Waals surface area contributed by atoms with Gasteiger partial charge in [-0.3, -0.25) is 9.59 Å². The fraction of sp³-hybridized carbons (Fsp3) is 0.385. The molecule has 0 heterocycles. The molecule has 0 fully saturated rings. The van der Waals surface area contributed by atoms with Gasteiger partial charge in [0, 0.05) is 13.3 Å². The molecule has 0 amide bonds. The second-order valence-electron chi connectivity index (χ2n) is 4.05. The van der Waals surface area contributed by atoms with Crippen LogP contribution in [0, 0.1) is 13.8 Å². The molecule has 0 aliphatic heterocycles. The summed E-state index contributed by atoms with van der Waals surface area (Å²) in [6.07, 6.45) is 0.586. The molecule has 4 nitrogen and oxygen atoms in total. The second-order valence-corrected chi connectivity index (χ2v) is 4.05. The van der Waals surface area contributed by atoms with Crippen molar-refractivity contribution in [2.75, 3.05) is 0 Å². The van der Waals surface area contributed by atoms with E-state index >= 15 is 0 Å². The highest BCUT2D eigenvalue weighted by molar-refractivity contribution is 5.70. The summed E-state index contributed by atoms with van der Waals surface area (Å²) in [5, 5.41) is 8.62. The van der Waals surface area contributed by atoms with Gasteiger partial charge >= 0.3 is 11.9 Å². The second kappa shape index (κ2) is 5.48. The summed E-state index contributed by atoms with van der Waals surface area (Å²) in [5.74, 6) is -0.601. The van der Waals surface area contributed by atoms with E-state index in [1.165, 1.54) is 6.92 Å². The minimum atomic E-state index is -0.815. The number of hydrogen-bond donors (Lipinski definition) is 1. The standard InChI is InChI=1S/C13H16O4/c1-8-6-11(4-5-12(15)16)7-9(2)13(8)17-10(3)14/h6-7H,4-5H2,1-3H3,(H,15,16). The molecule has 0 aliphatic carbocycles. The van der Waals surface area contributed by atoms with E-state index in [1.54, 1.807) is 0 Å². The molecule has 17 heavy (non-hydrogen) atoms. The zero-order chi connectivity index (χ0) is 13.0. The Hall–Kier alpha value is -1.84. The first-order valence-electron chi connectivity index (χ1n) is 5.40. The van der Waals surface area contributed by atoms with Crippen LogP contribution in [0.1, 0.15) is 30.0 Å². The lowest BCUT2D eigenvalue weighted by molar-refractivity contribution is -0.137. The summed E-state index contributed by atoms with van der Waals surface area (Å²) < 4.78 is 5.10. The van der Waals surface area contributed by atoms with Crippen LogP contribution in [-0.4, -0.2) is 17.0 Å². The summed E-state index contributed by atoms with van der Waals surface area (Å²) in [5.41, 5.74) is 2.64. The molecular formula is C13H16O4. The molecule has 0 saturated heterocycles. The lowest BCUT2D eigenvalue weighted by Crippen LogP contribution is -2.05. The van der Waals surface area contributed by atoms with E-state index in [0.717, 1.165) is 16.7 Å². The molecule has 0 spiro atoms. The highest BCUT2D eigenvalue weighted by Crippen LogP contribution is 2.25. The van der Waals surface area contributed by atoms with Crippen LogP contribution in [0.25, 0.3) is 0 Å². The lowest BCUT2D eigenvalue weighted by atomic mass is 10.0. The normalized spacial score (nSPS) is 10.1. The Morgan fingerprint density at radius 2 is 1.76 bits per heavy atom. The smallest absolute Gasteiger partial charge is 0.308 e. The van der Waals surface area contributed by atoms with E-state index in [9.17, 15) is 9.59 Å². The fourth-order valence-electron chi connectivity index (χ4n) is 1.74. The number of ether oxygens (including phenoxy) is 1. The Labute approximate surface area is 100 Å². The average molecular weight is 236 g/mol. The Morgan fingerprint density at radius 1 is 1.24 bits per heavy atom. The van der Waals surface area contributed by atoms with Crippen molar-refractivity contribution in [2.24, 2.45) is 0 Å². The minimum Gasteiger partial charge on any atom is -0.481 e. The van der Waals surface area contributed by atoms with Gasteiger partial charge in [0.15, 0.2) is 0 Å². The third-order valence-corrected chi connectivity index (χ3v) is 2.39. The van der Waals surface area contributed by atoms with E-state index in [1.807, 2.05) is 26.0 Å². The van der Waals surface area contributed by atoms with E-state index in [-0.39, 0.29) is 12.4 Å². The van der Waals surface area contributed by atoms with Gasteiger partial charge < -0.3 is 9.84 Å². The van der Waals surface area contributed by atoms with Gasteiger partial charge in [-0.2, -0.15) is 0 Å². The van der Waals surface area contributed by atoms with Crippen molar-refractivity contribution < 1.29 is 19.4 Å². The van der Waals surface area contributed by atoms with Crippen LogP contribution in [0.15, 0.2) is 12.1 Å². The molecule has 1 aromatic carbocycles. The van der Waals surface area contributed by atoms with Crippen LogP contribution in [0.3, 0.4) is 0 Å². The van der Waals surface area contributed by atoms with Crippen molar-refractivity contribution in [3.8, 4) is 5.75 Å². The Morgan fingerprint density at radius 3 is 2.18 bits per heavy atom. The Bertz CT molecular complexity index is 426. The molecule has 0 saturated carbocycles. The number of aryl methyl sites for hydroxylation is 3. The van der Waals surface area contributed by atoms with Crippen LogP contribution >= 0.6 is 0 Å². The van der Waals surface area contributed by atoms with Gasteiger partial charge in [-0.15, -0.1) is 0 Å². The quantitative estimate of drug-likeness (QED) is 0.643. The van der Waals surface area contributed by atoms with Crippen molar-refractivity contribution in [1.29, 1.82) is 0 Å². The van der Waals surface area contributed by atoms with Gasteiger partial charge in [-0.25, -0.2) is 0 Å². The summed E-state index contributed by atoms with van der Waals surface area (Å²) in [4.78, 5) is 21.4. The van der Waals surface area contributed by atoms with Gasteiger partial charge in [-0.05, 0) is 37.0 Å². The molecule has 1 N–H and O–H groups in total. The third kappa shape index (κ3) is 3.90.